The van der Waals surface area contributed by atoms with Gasteiger partial charge in [0.1, 0.15) is 17.5 Å². The number of anilines is 1. The molecule has 0 spiro atoms. The van der Waals surface area contributed by atoms with Crippen LogP contribution < -0.4 is 15.0 Å². The van der Waals surface area contributed by atoms with Crippen LogP contribution in [0.2, 0.25) is 0 Å². The number of fused-ring (bicyclic) bond motifs is 1. The van der Waals surface area contributed by atoms with Crippen LogP contribution in [0.4, 0.5) is 16.2 Å². The van der Waals surface area contributed by atoms with Crippen molar-refractivity contribution in [3.8, 4) is 5.75 Å². The number of para-hydroxylation sites is 1. The zero-order valence-electron chi connectivity index (χ0n) is 19.3. The maximum absolute atomic E-state index is 12.7. The lowest BCUT2D eigenvalue weighted by Gasteiger charge is -2.44. The molecule has 0 bridgehead atoms. The monoisotopic (exact) mass is 460 g/mol. The summed E-state index contributed by atoms with van der Waals surface area (Å²) < 4.78 is 6.38. The van der Waals surface area contributed by atoms with Gasteiger partial charge in [-0.05, 0) is 28.8 Å². The molecule has 1 radical (unpaired) electrons. The molecular weight excluding hydrogens is 434 g/mol. The molecule has 1 fully saturated rings. The van der Waals surface area contributed by atoms with E-state index in [9.17, 15) is 4.79 Å². The van der Waals surface area contributed by atoms with Crippen LogP contribution >= 0.6 is 0 Å². The van der Waals surface area contributed by atoms with Crippen LogP contribution in [0.3, 0.4) is 0 Å². The third kappa shape index (κ3) is 4.27. The molecule has 5 heteroatoms. The second-order valence-corrected chi connectivity index (χ2v) is 9.01. The van der Waals surface area contributed by atoms with Gasteiger partial charge in [-0.2, -0.15) is 5.32 Å². The molecule has 4 aromatic rings. The first-order chi connectivity index (χ1) is 17.3. The maximum atomic E-state index is 12.7. The Hall–Kier alpha value is -4.09. The van der Waals surface area contributed by atoms with Crippen LogP contribution in [0.25, 0.3) is 0 Å². The quantitative estimate of drug-likeness (QED) is 0.344. The van der Waals surface area contributed by atoms with Crippen LogP contribution in [0.5, 0.6) is 5.75 Å². The molecule has 4 aromatic carbocycles. The van der Waals surface area contributed by atoms with Gasteiger partial charge in [-0.1, -0.05) is 97.1 Å². The molecule has 0 aliphatic carbocycles. The summed E-state index contributed by atoms with van der Waals surface area (Å²) in [6, 6.07) is 36.9. The van der Waals surface area contributed by atoms with Crippen molar-refractivity contribution in [3.05, 3.63) is 126 Å². The first-order valence-corrected chi connectivity index (χ1v) is 12.0. The number of urea groups is 1. The standard InChI is InChI=1S/C30H26N3O2/c34-30-31-28-26(33(30)19-22-11-4-1-5-12-22)17-10-18-27(28)35-25-20-32(21-25)29(23-13-6-2-7-14-23)24-15-8-3-9-16-24/h1-18,25,29H,19-21H2. The lowest BCUT2D eigenvalue weighted by atomic mass is 9.94. The van der Waals surface area contributed by atoms with E-state index in [-0.39, 0.29) is 18.2 Å². The highest BCUT2D eigenvalue weighted by atomic mass is 16.5. The van der Waals surface area contributed by atoms with Gasteiger partial charge in [0, 0.05) is 13.1 Å². The van der Waals surface area contributed by atoms with E-state index in [0.29, 0.717) is 18.0 Å². The Bertz CT molecular complexity index is 1270. The van der Waals surface area contributed by atoms with Crippen molar-refractivity contribution in [1.29, 1.82) is 0 Å². The molecule has 2 amide bonds. The van der Waals surface area contributed by atoms with E-state index in [1.807, 2.05) is 48.5 Å². The van der Waals surface area contributed by atoms with Gasteiger partial charge in [0.2, 0.25) is 0 Å². The van der Waals surface area contributed by atoms with E-state index in [0.717, 1.165) is 24.3 Å². The summed E-state index contributed by atoms with van der Waals surface area (Å²) in [5.74, 6) is 0.673. The van der Waals surface area contributed by atoms with Crippen molar-refractivity contribution in [1.82, 2.24) is 10.2 Å². The number of carbonyl (C=O) groups excluding carboxylic acids is 1. The molecular formula is C30H26N3O2. The number of benzene rings is 4. The maximum Gasteiger partial charge on any atom is 0.349 e. The minimum Gasteiger partial charge on any atom is -0.485 e. The lowest BCUT2D eigenvalue weighted by molar-refractivity contribution is 0.000547. The van der Waals surface area contributed by atoms with E-state index in [1.165, 1.54) is 11.1 Å². The topological polar surface area (TPSA) is 46.9 Å². The molecule has 2 heterocycles. The fourth-order valence-corrected chi connectivity index (χ4v) is 4.93. The van der Waals surface area contributed by atoms with Gasteiger partial charge in [-0.15, -0.1) is 0 Å². The number of hydrogen-bond donors (Lipinski definition) is 0. The van der Waals surface area contributed by atoms with Crippen molar-refractivity contribution in [2.75, 3.05) is 18.0 Å². The second-order valence-electron chi connectivity index (χ2n) is 9.01. The third-order valence-corrected chi connectivity index (χ3v) is 6.66. The first kappa shape index (κ1) is 21.4. The number of carbonyl (C=O) groups is 1. The number of ether oxygens (including phenoxy) is 1. The Kier molecular flexibility index (Phi) is 5.68. The number of rotatable bonds is 7. The van der Waals surface area contributed by atoms with Crippen molar-refractivity contribution >= 4 is 17.4 Å². The van der Waals surface area contributed by atoms with Crippen LogP contribution in [-0.2, 0) is 6.54 Å². The summed E-state index contributed by atoms with van der Waals surface area (Å²) in [7, 11) is 0. The van der Waals surface area contributed by atoms with E-state index in [1.54, 1.807) is 4.90 Å². The molecule has 1 saturated heterocycles. The molecule has 0 N–H and O–H groups in total. The van der Waals surface area contributed by atoms with Crippen molar-refractivity contribution in [3.63, 3.8) is 0 Å². The van der Waals surface area contributed by atoms with Crippen LogP contribution in [-0.4, -0.2) is 30.1 Å². The van der Waals surface area contributed by atoms with Gasteiger partial charge in [0.25, 0.3) is 0 Å². The molecule has 0 atom stereocenters. The zero-order valence-corrected chi connectivity index (χ0v) is 19.3. The number of amides is 2. The van der Waals surface area contributed by atoms with Crippen molar-refractivity contribution in [2.45, 2.75) is 18.7 Å². The number of likely N-dealkylation sites (tertiary alicyclic amines) is 1. The summed E-state index contributed by atoms with van der Waals surface area (Å²) in [5.41, 5.74) is 5.05. The predicted octanol–water partition coefficient (Wildman–Crippen LogP) is 5.92. The molecule has 2 aliphatic rings. The van der Waals surface area contributed by atoms with E-state index in [2.05, 4.69) is 70.9 Å². The SMILES string of the molecule is O=C1[N]c2c(OC3CN(C(c4ccccc4)c4ccccc4)C3)cccc2N1Cc1ccccc1. The fraction of sp³-hybridized carbons (Fsp3) is 0.167. The van der Waals surface area contributed by atoms with Gasteiger partial charge in [0.05, 0.1) is 18.3 Å². The van der Waals surface area contributed by atoms with Crippen LogP contribution in [0.15, 0.2) is 109 Å². The van der Waals surface area contributed by atoms with Gasteiger partial charge in [-0.3, -0.25) is 9.80 Å². The van der Waals surface area contributed by atoms with E-state index >= 15 is 0 Å². The summed E-state index contributed by atoms with van der Waals surface area (Å²) in [4.78, 5) is 16.9. The molecule has 0 saturated carbocycles. The van der Waals surface area contributed by atoms with E-state index < -0.39 is 0 Å². The largest absolute Gasteiger partial charge is 0.485 e. The summed E-state index contributed by atoms with van der Waals surface area (Å²) in [6.45, 7) is 2.10. The summed E-state index contributed by atoms with van der Waals surface area (Å²) >= 11 is 0. The van der Waals surface area contributed by atoms with Gasteiger partial charge < -0.3 is 4.74 Å². The second kappa shape index (κ2) is 9.28. The molecule has 5 nitrogen and oxygen atoms in total. The lowest BCUT2D eigenvalue weighted by Crippen LogP contribution is -2.55. The normalized spacial score (nSPS) is 15.6. The zero-order chi connectivity index (χ0) is 23.6. The highest BCUT2D eigenvalue weighted by Crippen LogP contribution is 2.42. The fourth-order valence-electron chi connectivity index (χ4n) is 4.93. The van der Waals surface area contributed by atoms with Crippen LogP contribution in [0.1, 0.15) is 22.7 Å². The Balaban J connectivity index is 1.18. The van der Waals surface area contributed by atoms with Gasteiger partial charge >= 0.3 is 6.03 Å². The minimum absolute atomic E-state index is 0.0462. The summed E-state index contributed by atoms with van der Waals surface area (Å²) in [6.07, 6.45) is 0.0462. The molecule has 6 rings (SSSR count). The average molecular weight is 461 g/mol. The molecule has 173 valence electrons. The van der Waals surface area contributed by atoms with Crippen LogP contribution in [0, 0.1) is 0 Å². The molecule has 35 heavy (non-hydrogen) atoms. The number of hydrogen-bond acceptors (Lipinski definition) is 3. The smallest absolute Gasteiger partial charge is 0.349 e. The number of nitrogens with zero attached hydrogens (tertiary/aromatic N) is 3. The highest BCUT2D eigenvalue weighted by molar-refractivity contribution is 6.05. The Morgan fingerprint density at radius 2 is 1.37 bits per heavy atom. The Morgan fingerprint density at radius 1 is 0.771 bits per heavy atom. The van der Waals surface area contributed by atoms with Gasteiger partial charge in [0.15, 0.2) is 0 Å². The molecule has 0 aromatic heterocycles. The average Bonchev–Trinajstić information content (AvgIpc) is 3.20. The third-order valence-electron chi connectivity index (χ3n) is 6.66. The van der Waals surface area contributed by atoms with Crippen molar-refractivity contribution < 1.29 is 9.53 Å². The van der Waals surface area contributed by atoms with Gasteiger partial charge in [-0.25, -0.2) is 4.79 Å². The first-order valence-electron chi connectivity index (χ1n) is 12.0. The highest BCUT2D eigenvalue weighted by Gasteiger charge is 2.37. The predicted molar refractivity (Wildman–Crippen MR) is 137 cm³/mol. The Morgan fingerprint density at radius 3 is 2.00 bits per heavy atom. The van der Waals surface area contributed by atoms with Crippen molar-refractivity contribution in [2.24, 2.45) is 0 Å². The Labute approximate surface area is 205 Å². The molecule has 0 unspecified atom stereocenters. The molecule has 2 aliphatic heterocycles. The minimum atomic E-state index is -0.247. The van der Waals surface area contributed by atoms with E-state index in [4.69, 9.17) is 4.74 Å². The summed E-state index contributed by atoms with van der Waals surface area (Å²) in [5, 5.41) is 4.34.